The molecule has 0 bridgehead atoms. The number of rotatable bonds is 6. The molecule has 0 unspecified atom stereocenters. The Morgan fingerprint density at radius 1 is 1.10 bits per heavy atom. The van der Waals surface area contributed by atoms with Crippen molar-refractivity contribution in [1.29, 1.82) is 0 Å². The van der Waals surface area contributed by atoms with Crippen LogP contribution in [-0.4, -0.2) is 20.3 Å². The minimum atomic E-state index is 0.575. The molecule has 3 nitrogen and oxygen atoms in total. The molecule has 0 heterocycles. The third-order valence-electron chi connectivity index (χ3n) is 2.80. The minimum Gasteiger partial charge on any atom is -0.493 e. The van der Waals surface area contributed by atoms with Gasteiger partial charge in [-0.1, -0.05) is 28.1 Å². The van der Waals surface area contributed by atoms with Crippen LogP contribution in [0, 0.1) is 6.92 Å². The summed E-state index contributed by atoms with van der Waals surface area (Å²) in [5.74, 6) is 1.52. The zero-order valence-electron chi connectivity index (χ0n) is 11.7. The quantitative estimate of drug-likeness (QED) is 0.800. The van der Waals surface area contributed by atoms with Crippen LogP contribution in [0.25, 0.3) is 0 Å². The Labute approximate surface area is 128 Å². The Morgan fingerprint density at radius 3 is 2.55 bits per heavy atom. The number of halogens is 1. The second kappa shape index (κ2) is 7.20. The molecule has 0 aliphatic rings. The number of hydrogen-bond donors (Lipinski definition) is 1. The first kappa shape index (κ1) is 14.7. The van der Waals surface area contributed by atoms with Crippen LogP contribution in [0.2, 0.25) is 0 Å². The van der Waals surface area contributed by atoms with Crippen molar-refractivity contribution in [1.82, 2.24) is 0 Å². The molecular weight excluding hydrogens is 318 g/mol. The van der Waals surface area contributed by atoms with Gasteiger partial charge in [0.05, 0.1) is 7.11 Å². The topological polar surface area (TPSA) is 30.5 Å². The summed E-state index contributed by atoms with van der Waals surface area (Å²) in [6.07, 6.45) is 0. The summed E-state index contributed by atoms with van der Waals surface area (Å²) in [4.78, 5) is 0. The number of hydrogen-bond acceptors (Lipinski definition) is 3. The van der Waals surface area contributed by atoms with Crippen molar-refractivity contribution in [2.75, 3.05) is 25.6 Å². The van der Waals surface area contributed by atoms with Gasteiger partial charge in [0.25, 0.3) is 0 Å². The van der Waals surface area contributed by atoms with Crippen molar-refractivity contribution in [2.45, 2.75) is 6.92 Å². The van der Waals surface area contributed by atoms with Gasteiger partial charge in [-0.25, -0.2) is 0 Å². The zero-order chi connectivity index (χ0) is 14.4. The van der Waals surface area contributed by atoms with Crippen LogP contribution in [-0.2, 0) is 0 Å². The van der Waals surface area contributed by atoms with Crippen molar-refractivity contribution in [3.63, 3.8) is 0 Å². The summed E-state index contributed by atoms with van der Waals surface area (Å²) >= 11 is 3.49. The van der Waals surface area contributed by atoms with E-state index in [-0.39, 0.29) is 0 Å². The molecule has 20 heavy (non-hydrogen) atoms. The van der Waals surface area contributed by atoms with Crippen LogP contribution in [0.3, 0.4) is 0 Å². The molecule has 0 fully saturated rings. The van der Waals surface area contributed by atoms with E-state index >= 15 is 0 Å². The standard InChI is InChI=1S/C16H18BrNO2/c1-12-9-13(17)11-14(10-12)18-7-8-20-16-6-4-3-5-15(16)19-2/h3-6,9-11,18H,7-8H2,1-2H3. The highest BCUT2D eigenvalue weighted by Crippen LogP contribution is 2.25. The van der Waals surface area contributed by atoms with Crippen molar-refractivity contribution in [3.8, 4) is 11.5 Å². The Balaban J connectivity index is 1.84. The monoisotopic (exact) mass is 335 g/mol. The van der Waals surface area contributed by atoms with E-state index in [1.54, 1.807) is 7.11 Å². The van der Waals surface area contributed by atoms with Crippen molar-refractivity contribution >= 4 is 21.6 Å². The van der Waals surface area contributed by atoms with Gasteiger partial charge in [0.1, 0.15) is 6.61 Å². The lowest BCUT2D eigenvalue weighted by atomic mass is 10.2. The number of ether oxygens (including phenoxy) is 2. The summed E-state index contributed by atoms with van der Waals surface area (Å²) in [5, 5.41) is 3.34. The second-order valence-corrected chi connectivity index (χ2v) is 5.36. The molecule has 106 valence electrons. The lowest BCUT2D eigenvalue weighted by molar-refractivity contribution is 0.306. The molecule has 0 aliphatic carbocycles. The third kappa shape index (κ3) is 4.17. The van der Waals surface area contributed by atoms with Gasteiger partial charge in [-0.3, -0.25) is 0 Å². The van der Waals surface area contributed by atoms with E-state index in [1.807, 2.05) is 24.3 Å². The predicted molar refractivity (Wildman–Crippen MR) is 85.9 cm³/mol. The number of methoxy groups -OCH3 is 1. The molecule has 0 aliphatic heterocycles. The molecule has 4 heteroatoms. The van der Waals surface area contributed by atoms with Gasteiger partial charge in [-0.2, -0.15) is 0 Å². The average Bonchev–Trinajstić information content (AvgIpc) is 2.43. The molecule has 1 N–H and O–H groups in total. The molecule has 0 radical (unpaired) electrons. The molecule has 0 spiro atoms. The van der Waals surface area contributed by atoms with Gasteiger partial charge >= 0.3 is 0 Å². The van der Waals surface area contributed by atoms with Gasteiger partial charge in [-0.05, 0) is 42.8 Å². The molecule has 0 aromatic heterocycles. The van der Waals surface area contributed by atoms with Crippen molar-refractivity contribution < 1.29 is 9.47 Å². The van der Waals surface area contributed by atoms with Crippen LogP contribution in [0.15, 0.2) is 46.9 Å². The fourth-order valence-electron chi connectivity index (χ4n) is 1.93. The number of nitrogens with one attached hydrogen (secondary N) is 1. The van der Waals surface area contributed by atoms with Gasteiger partial charge in [0.15, 0.2) is 11.5 Å². The van der Waals surface area contributed by atoms with Crippen LogP contribution in [0.1, 0.15) is 5.56 Å². The summed E-state index contributed by atoms with van der Waals surface area (Å²) < 4.78 is 12.0. The first-order valence-corrected chi connectivity index (χ1v) is 7.25. The normalized spacial score (nSPS) is 10.2. The number of para-hydroxylation sites is 2. The minimum absolute atomic E-state index is 0.575. The highest BCUT2D eigenvalue weighted by Gasteiger charge is 2.02. The first-order chi connectivity index (χ1) is 9.69. The molecule has 0 atom stereocenters. The maximum atomic E-state index is 5.71. The van der Waals surface area contributed by atoms with Gasteiger partial charge in [0, 0.05) is 16.7 Å². The third-order valence-corrected chi connectivity index (χ3v) is 3.26. The summed E-state index contributed by atoms with van der Waals surface area (Å²) in [6, 6.07) is 13.9. The molecule has 0 amide bonds. The van der Waals surface area contributed by atoms with E-state index in [2.05, 4.69) is 46.4 Å². The smallest absolute Gasteiger partial charge is 0.161 e. The molecule has 2 aromatic rings. The van der Waals surface area contributed by atoms with E-state index in [0.717, 1.165) is 28.2 Å². The molecule has 0 saturated carbocycles. The highest BCUT2D eigenvalue weighted by molar-refractivity contribution is 9.10. The second-order valence-electron chi connectivity index (χ2n) is 4.44. The number of benzene rings is 2. The van der Waals surface area contributed by atoms with Crippen LogP contribution in [0.4, 0.5) is 5.69 Å². The molecule has 0 saturated heterocycles. The maximum absolute atomic E-state index is 5.71. The van der Waals surface area contributed by atoms with Gasteiger partial charge < -0.3 is 14.8 Å². The number of anilines is 1. The van der Waals surface area contributed by atoms with Crippen LogP contribution >= 0.6 is 15.9 Å². The Morgan fingerprint density at radius 2 is 1.85 bits per heavy atom. The van der Waals surface area contributed by atoms with E-state index < -0.39 is 0 Å². The predicted octanol–water partition coefficient (Wildman–Crippen LogP) is 4.26. The highest BCUT2D eigenvalue weighted by atomic mass is 79.9. The molecule has 2 aromatic carbocycles. The largest absolute Gasteiger partial charge is 0.493 e. The fourth-order valence-corrected chi connectivity index (χ4v) is 2.54. The molecular formula is C16H18BrNO2. The van der Waals surface area contributed by atoms with Crippen LogP contribution < -0.4 is 14.8 Å². The van der Waals surface area contributed by atoms with E-state index in [4.69, 9.17) is 9.47 Å². The summed E-state index contributed by atoms with van der Waals surface area (Å²) in [7, 11) is 1.64. The summed E-state index contributed by atoms with van der Waals surface area (Å²) in [6.45, 7) is 3.38. The SMILES string of the molecule is COc1ccccc1OCCNc1cc(C)cc(Br)c1. The Kier molecular flexibility index (Phi) is 5.30. The zero-order valence-corrected chi connectivity index (χ0v) is 13.2. The van der Waals surface area contributed by atoms with Crippen LogP contribution in [0.5, 0.6) is 11.5 Å². The lowest BCUT2D eigenvalue weighted by Crippen LogP contribution is -2.11. The average molecular weight is 336 g/mol. The van der Waals surface area contributed by atoms with Gasteiger partial charge in [0.2, 0.25) is 0 Å². The molecule has 2 rings (SSSR count). The lowest BCUT2D eigenvalue weighted by Gasteiger charge is -2.12. The fraction of sp³-hybridized carbons (Fsp3) is 0.250. The van der Waals surface area contributed by atoms with E-state index in [9.17, 15) is 0 Å². The van der Waals surface area contributed by atoms with E-state index in [0.29, 0.717) is 6.61 Å². The first-order valence-electron chi connectivity index (χ1n) is 6.46. The Bertz CT molecular complexity index is 552. The summed E-state index contributed by atoms with van der Waals surface area (Å²) in [5.41, 5.74) is 2.30. The Hall–Kier alpha value is -1.68. The van der Waals surface area contributed by atoms with Crippen molar-refractivity contribution in [3.05, 3.63) is 52.5 Å². The van der Waals surface area contributed by atoms with E-state index in [1.165, 1.54) is 5.56 Å². The van der Waals surface area contributed by atoms with Gasteiger partial charge in [-0.15, -0.1) is 0 Å². The van der Waals surface area contributed by atoms with Crippen molar-refractivity contribution in [2.24, 2.45) is 0 Å². The number of aryl methyl sites for hydroxylation is 1. The maximum Gasteiger partial charge on any atom is 0.161 e.